The van der Waals surface area contributed by atoms with Crippen LogP contribution in [0.1, 0.15) is 105 Å². The average molecular weight is 505 g/mol. The molecule has 206 valence electrons. The Morgan fingerprint density at radius 2 is 1.67 bits per heavy atom. The smallest absolute Gasteiger partial charge is 0.336 e. The van der Waals surface area contributed by atoms with Crippen LogP contribution in [0.2, 0.25) is 0 Å². The molecule has 0 bridgehead atoms. The van der Waals surface area contributed by atoms with Crippen LogP contribution in [-0.2, 0) is 16.0 Å². The standard InChI is InChI=1S/C16H32O.C14H16O3.CH4O/c1-10-11-17-13(2)16(9,15(6,7)8)12-14(3,4)5;1-4-6-7-13-12(5-2)11(8-10(3)15)9-14(16)17-13;1-2/h2,10-12H2,1,3-9H3;5-7,9H,2,4,8H2,1,3H3;2H,1H3/b;7-6-;. The summed E-state index contributed by atoms with van der Waals surface area (Å²) in [5.74, 6) is 1.41. The van der Waals surface area contributed by atoms with Gasteiger partial charge in [-0.15, -0.1) is 0 Å². The van der Waals surface area contributed by atoms with E-state index >= 15 is 0 Å². The van der Waals surface area contributed by atoms with Crippen LogP contribution < -0.4 is 5.63 Å². The molecule has 5 nitrogen and oxygen atoms in total. The summed E-state index contributed by atoms with van der Waals surface area (Å²) in [5.41, 5.74) is 1.39. The predicted octanol–water partition coefficient (Wildman–Crippen LogP) is 7.86. The first kappa shape index (κ1) is 35.8. The highest BCUT2D eigenvalue weighted by Crippen LogP contribution is 2.51. The molecule has 36 heavy (non-hydrogen) atoms. The first-order chi connectivity index (χ1) is 16.5. The van der Waals surface area contributed by atoms with E-state index in [0.717, 1.165) is 38.7 Å². The predicted molar refractivity (Wildman–Crippen MR) is 154 cm³/mol. The van der Waals surface area contributed by atoms with Crippen LogP contribution in [0.25, 0.3) is 12.2 Å². The fraction of sp³-hybridized carbons (Fsp3) is 0.613. The van der Waals surface area contributed by atoms with Crippen molar-refractivity contribution >= 4 is 17.9 Å². The molecule has 0 amide bonds. The van der Waals surface area contributed by atoms with Gasteiger partial charge in [-0.05, 0) is 48.7 Å². The normalized spacial score (nSPS) is 13.0. The van der Waals surface area contributed by atoms with Gasteiger partial charge in [-0.3, -0.25) is 4.79 Å². The number of allylic oxidation sites excluding steroid dienone is 2. The molecule has 5 heteroatoms. The Morgan fingerprint density at radius 3 is 2.06 bits per heavy atom. The zero-order valence-electron chi connectivity index (χ0n) is 24.8. The molecule has 0 spiro atoms. The van der Waals surface area contributed by atoms with Gasteiger partial charge in [0, 0.05) is 30.6 Å². The van der Waals surface area contributed by atoms with Crippen molar-refractivity contribution < 1.29 is 19.1 Å². The number of ketones is 1. The first-order valence-corrected chi connectivity index (χ1v) is 12.7. The molecule has 0 aromatic carbocycles. The van der Waals surface area contributed by atoms with Crippen LogP contribution in [0.15, 0.2) is 40.3 Å². The molecule has 1 aromatic heterocycles. The molecule has 0 aliphatic carbocycles. The van der Waals surface area contributed by atoms with E-state index in [1.807, 2.05) is 13.0 Å². The number of Topliss-reactive ketones (excluding diaryl/α,β-unsaturated/α-hetero) is 1. The van der Waals surface area contributed by atoms with E-state index in [-0.39, 0.29) is 28.4 Å². The van der Waals surface area contributed by atoms with E-state index in [1.54, 1.807) is 12.2 Å². The number of carbonyl (C=O) groups excluding carboxylic acids is 1. The van der Waals surface area contributed by atoms with Crippen molar-refractivity contribution in [3.05, 3.63) is 58.4 Å². The zero-order chi connectivity index (χ0) is 28.7. The molecule has 0 aliphatic rings. The van der Waals surface area contributed by atoms with Gasteiger partial charge in [0.1, 0.15) is 11.5 Å². The molecule has 1 atom stereocenters. The monoisotopic (exact) mass is 504 g/mol. The lowest BCUT2D eigenvalue weighted by atomic mass is 9.60. The number of hydrogen-bond donors (Lipinski definition) is 1. The molecule has 0 fully saturated rings. The van der Waals surface area contributed by atoms with E-state index < -0.39 is 5.63 Å². The third kappa shape index (κ3) is 12.5. The molecular formula is C31H52O5. The number of carbonyl (C=O) groups is 1. The van der Waals surface area contributed by atoms with E-state index in [4.69, 9.17) is 14.3 Å². The maximum atomic E-state index is 11.4. The number of aliphatic hydroxyl groups excluding tert-OH is 1. The van der Waals surface area contributed by atoms with Crippen LogP contribution in [-0.4, -0.2) is 24.6 Å². The Kier molecular flexibility index (Phi) is 16.3. The maximum absolute atomic E-state index is 11.4. The maximum Gasteiger partial charge on any atom is 0.336 e. The molecular weight excluding hydrogens is 452 g/mol. The summed E-state index contributed by atoms with van der Waals surface area (Å²) in [4.78, 5) is 22.5. The number of hydrogen-bond acceptors (Lipinski definition) is 5. The highest BCUT2D eigenvalue weighted by molar-refractivity contribution is 5.80. The van der Waals surface area contributed by atoms with Gasteiger partial charge in [-0.25, -0.2) is 4.79 Å². The van der Waals surface area contributed by atoms with Crippen molar-refractivity contribution in [2.45, 2.75) is 94.9 Å². The molecule has 0 aliphatic heterocycles. The van der Waals surface area contributed by atoms with Gasteiger partial charge in [-0.1, -0.05) is 87.6 Å². The molecule has 1 N–H and O–H groups in total. The SMILES string of the molecule is C=C(OCCC)C(C)(CC(C)(C)C)C(C)(C)C.C=Cc1c(CC(C)=O)cc(=O)oc1/C=C\CC.CO. The van der Waals surface area contributed by atoms with Gasteiger partial charge in [0.2, 0.25) is 0 Å². The van der Waals surface area contributed by atoms with Gasteiger partial charge in [0.15, 0.2) is 0 Å². The lowest BCUT2D eigenvalue weighted by Gasteiger charge is -2.46. The summed E-state index contributed by atoms with van der Waals surface area (Å²) < 4.78 is 10.9. The summed E-state index contributed by atoms with van der Waals surface area (Å²) in [7, 11) is 1.00. The average Bonchev–Trinajstić information content (AvgIpc) is 2.75. The van der Waals surface area contributed by atoms with Crippen molar-refractivity contribution in [1.29, 1.82) is 0 Å². The largest absolute Gasteiger partial charge is 0.498 e. The lowest BCUT2D eigenvalue weighted by molar-refractivity contribution is -0.116. The van der Waals surface area contributed by atoms with Gasteiger partial charge < -0.3 is 14.3 Å². The topological polar surface area (TPSA) is 76.7 Å². The molecule has 1 heterocycles. The van der Waals surface area contributed by atoms with Crippen molar-refractivity contribution in [2.24, 2.45) is 16.2 Å². The summed E-state index contributed by atoms with van der Waals surface area (Å²) in [5, 5.41) is 7.00. The third-order valence-electron chi connectivity index (χ3n) is 5.90. The van der Waals surface area contributed by atoms with Crippen molar-refractivity contribution in [1.82, 2.24) is 0 Å². The minimum Gasteiger partial charge on any atom is -0.498 e. The van der Waals surface area contributed by atoms with Crippen LogP contribution >= 0.6 is 0 Å². The van der Waals surface area contributed by atoms with E-state index in [0.29, 0.717) is 16.9 Å². The minimum absolute atomic E-state index is 0.00382. The van der Waals surface area contributed by atoms with Crippen molar-refractivity contribution in [3.8, 4) is 0 Å². The molecule has 1 aromatic rings. The first-order valence-electron chi connectivity index (χ1n) is 12.7. The summed E-state index contributed by atoms with van der Waals surface area (Å²) in [6.45, 7) is 30.2. The number of rotatable bonds is 10. The van der Waals surface area contributed by atoms with E-state index in [1.165, 1.54) is 13.0 Å². The Bertz CT molecular complexity index is 906. The van der Waals surface area contributed by atoms with Crippen molar-refractivity contribution in [2.75, 3.05) is 13.7 Å². The van der Waals surface area contributed by atoms with Crippen LogP contribution in [0.3, 0.4) is 0 Å². The lowest BCUT2D eigenvalue weighted by Crippen LogP contribution is -2.38. The third-order valence-corrected chi connectivity index (χ3v) is 5.90. The fourth-order valence-electron chi connectivity index (χ4n) is 3.79. The van der Waals surface area contributed by atoms with Crippen molar-refractivity contribution in [3.63, 3.8) is 0 Å². The van der Waals surface area contributed by atoms with E-state index in [9.17, 15) is 9.59 Å². The number of ether oxygens (including phenoxy) is 1. The molecule has 1 rings (SSSR count). The summed E-state index contributed by atoms with van der Waals surface area (Å²) >= 11 is 0. The zero-order valence-corrected chi connectivity index (χ0v) is 24.8. The van der Waals surface area contributed by atoms with Gasteiger partial charge in [-0.2, -0.15) is 0 Å². The second-order valence-electron chi connectivity index (χ2n) is 11.4. The highest BCUT2D eigenvalue weighted by Gasteiger charge is 2.43. The van der Waals surface area contributed by atoms with Crippen LogP contribution in [0.4, 0.5) is 0 Å². The Morgan fingerprint density at radius 1 is 1.11 bits per heavy atom. The highest BCUT2D eigenvalue weighted by atomic mass is 16.5. The number of aliphatic hydroxyl groups is 1. The second kappa shape index (κ2) is 16.4. The van der Waals surface area contributed by atoms with Crippen LogP contribution in [0, 0.1) is 16.2 Å². The van der Waals surface area contributed by atoms with E-state index in [2.05, 4.69) is 68.5 Å². The van der Waals surface area contributed by atoms with Gasteiger partial charge in [0.05, 0.1) is 12.4 Å². The quantitative estimate of drug-likeness (QED) is 0.328. The molecule has 0 radical (unpaired) electrons. The fourth-order valence-corrected chi connectivity index (χ4v) is 3.79. The molecule has 0 saturated carbocycles. The second-order valence-corrected chi connectivity index (χ2v) is 11.4. The Labute approximate surface area is 220 Å². The Hall–Kier alpha value is -2.40. The summed E-state index contributed by atoms with van der Waals surface area (Å²) in [6, 6.07) is 1.35. The summed E-state index contributed by atoms with van der Waals surface area (Å²) in [6.07, 6.45) is 8.43. The van der Waals surface area contributed by atoms with Gasteiger partial charge >= 0.3 is 5.63 Å². The minimum atomic E-state index is -0.442. The Balaban J connectivity index is 0. The van der Waals surface area contributed by atoms with Gasteiger partial charge in [0.25, 0.3) is 0 Å². The molecule has 0 saturated heterocycles. The molecule has 1 unspecified atom stereocenters. The van der Waals surface area contributed by atoms with Crippen LogP contribution in [0.5, 0.6) is 0 Å².